The summed E-state index contributed by atoms with van der Waals surface area (Å²) in [6, 6.07) is 7.82. The van der Waals surface area contributed by atoms with Gasteiger partial charge in [0, 0.05) is 36.1 Å². The molecule has 0 aliphatic carbocycles. The van der Waals surface area contributed by atoms with Crippen LogP contribution in [0.15, 0.2) is 52.2 Å². The zero-order valence-corrected chi connectivity index (χ0v) is 13.8. The second-order valence-electron chi connectivity index (χ2n) is 5.02. The summed E-state index contributed by atoms with van der Waals surface area (Å²) >= 11 is 3.45. The molecule has 1 saturated heterocycles. The van der Waals surface area contributed by atoms with E-state index in [9.17, 15) is 4.79 Å². The predicted molar refractivity (Wildman–Crippen MR) is 90.1 cm³/mol. The maximum atomic E-state index is 12.4. The molecule has 4 nitrogen and oxygen atoms in total. The van der Waals surface area contributed by atoms with Crippen LogP contribution in [0.4, 0.5) is 0 Å². The molecule has 1 unspecified atom stereocenters. The molecule has 3 heterocycles. The molecule has 1 amide bonds. The molecule has 0 saturated carbocycles. The highest BCUT2D eigenvalue weighted by atomic mass is 32.2. The average molecular weight is 334 g/mol. The molecule has 0 radical (unpaired) electrons. The Morgan fingerprint density at radius 3 is 3.00 bits per heavy atom. The second-order valence-corrected chi connectivity index (χ2v) is 7.38. The summed E-state index contributed by atoms with van der Waals surface area (Å²) in [5, 5.41) is 0.362. The molecule has 2 aromatic rings. The molecular weight excluding hydrogens is 316 g/mol. The van der Waals surface area contributed by atoms with Crippen molar-refractivity contribution in [2.45, 2.75) is 16.6 Å². The van der Waals surface area contributed by atoms with Crippen molar-refractivity contribution in [1.29, 1.82) is 0 Å². The third-order valence-electron chi connectivity index (χ3n) is 3.57. The molecule has 3 rings (SSSR count). The third kappa shape index (κ3) is 4.08. The van der Waals surface area contributed by atoms with Crippen LogP contribution in [0.5, 0.6) is 0 Å². The molecule has 1 aliphatic rings. The van der Waals surface area contributed by atoms with Crippen LogP contribution in [0.3, 0.4) is 0 Å². The minimum absolute atomic E-state index is 0.211. The van der Waals surface area contributed by atoms with E-state index in [2.05, 4.69) is 4.98 Å². The summed E-state index contributed by atoms with van der Waals surface area (Å²) in [5.41, 5.74) is 0. The lowest BCUT2D eigenvalue weighted by Gasteiger charge is -2.19. The number of amides is 1. The van der Waals surface area contributed by atoms with E-state index in [0.29, 0.717) is 11.0 Å². The molecule has 1 aliphatic heterocycles. The van der Waals surface area contributed by atoms with E-state index < -0.39 is 0 Å². The van der Waals surface area contributed by atoms with Crippen LogP contribution in [0, 0.1) is 0 Å². The average Bonchev–Trinajstić information content (AvgIpc) is 2.98. The molecule has 6 heteroatoms. The third-order valence-corrected chi connectivity index (χ3v) is 5.85. The van der Waals surface area contributed by atoms with Gasteiger partial charge in [-0.15, -0.1) is 23.5 Å². The highest BCUT2D eigenvalue weighted by Crippen LogP contribution is 2.34. The van der Waals surface area contributed by atoms with Crippen LogP contribution in [0.1, 0.15) is 17.4 Å². The van der Waals surface area contributed by atoms with Gasteiger partial charge >= 0.3 is 0 Å². The van der Waals surface area contributed by atoms with E-state index in [1.165, 1.54) is 0 Å². The highest BCUT2D eigenvalue weighted by Gasteiger charge is 2.23. The Hall–Kier alpha value is -1.40. The Labute approximate surface area is 138 Å². The Balaban J connectivity index is 1.51. The molecule has 116 valence electrons. The summed E-state index contributed by atoms with van der Waals surface area (Å²) < 4.78 is 5.50. The van der Waals surface area contributed by atoms with E-state index in [1.807, 2.05) is 40.9 Å². The number of aromatic nitrogens is 1. The zero-order chi connectivity index (χ0) is 15.2. The van der Waals surface area contributed by atoms with Crippen LogP contribution < -0.4 is 0 Å². The summed E-state index contributed by atoms with van der Waals surface area (Å²) in [6.45, 7) is 1.62. The van der Waals surface area contributed by atoms with Gasteiger partial charge in [0.2, 0.25) is 5.91 Å². The minimum atomic E-state index is 0.211. The summed E-state index contributed by atoms with van der Waals surface area (Å²) in [5.74, 6) is 2.67. The SMILES string of the molecule is O=C(CSc1ccncc1)N1CCSC(c2ccco2)CC1. The van der Waals surface area contributed by atoms with Crippen LogP contribution in [-0.4, -0.2) is 40.4 Å². The number of pyridine rings is 1. The number of furan rings is 1. The van der Waals surface area contributed by atoms with Crippen molar-refractivity contribution in [3.05, 3.63) is 48.7 Å². The van der Waals surface area contributed by atoms with Crippen molar-refractivity contribution in [2.24, 2.45) is 0 Å². The van der Waals surface area contributed by atoms with Crippen molar-refractivity contribution in [2.75, 3.05) is 24.6 Å². The van der Waals surface area contributed by atoms with Gasteiger partial charge < -0.3 is 9.32 Å². The molecule has 0 aromatic carbocycles. The Kier molecular flexibility index (Phi) is 5.45. The summed E-state index contributed by atoms with van der Waals surface area (Å²) in [7, 11) is 0. The fraction of sp³-hybridized carbons (Fsp3) is 0.375. The highest BCUT2D eigenvalue weighted by molar-refractivity contribution is 8.00. The smallest absolute Gasteiger partial charge is 0.232 e. The molecule has 0 N–H and O–H groups in total. The number of rotatable bonds is 4. The number of carbonyl (C=O) groups is 1. The van der Waals surface area contributed by atoms with Crippen LogP contribution in [-0.2, 0) is 4.79 Å². The first-order valence-corrected chi connectivity index (χ1v) is 9.32. The van der Waals surface area contributed by atoms with E-state index in [1.54, 1.807) is 30.4 Å². The van der Waals surface area contributed by atoms with Crippen molar-refractivity contribution in [1.82, 2.24) is 9.88 Å². The summed E-state index contributed by atoms with van der Waals surface area (Å²) in [6.07, 6.45) is 6.17. The molecule has 2 aromatic heterocycles. The van der Waals surface area contributed by atoms with Gasteiger partial charge in [0.15, 0.2) is 0 Å². The van der Waals surface area contributed by atoms with E-state index in [4.69, 9.17) is 4.42 Å². The standard InChI is InChI=1S/C16H18N2O2S2/c19-16(12-22-13-3-6-17-7-4-13)18-8-5-15(21-11-9-18)14-2-1-10-20-14/h1-4,6-7,10,15H,5,8-9,11-12H2. The second kappa shape index (κ2) is 7.74. The van der Waals surface area contributed by atoms with Gasteiger partial charge in [-0.3, -0.25) is 9.78 Å². The number of hydrogen-bond donors (Lipinski definition) is 0. The molecule has 1 fully saturated rings. The normalized spacial score (nSPS) is 18.9. The van der Waals surface area contributed by atoms with Gasteiger partial charge in [-0.25, -0.2) is 0 Å². The minimum Gasteiger partial charge on any atom is -0.468 e. The zero-order valence-electron chi connectivity index (χ0n) is 12.2. The number of thioether (sulfide) groups is 2. The molecule has 1 atom stereocenters. The fourth-order valence-corrected chi connectivity index (χ4v) is 4.36. The van der Waals surface area contributed by atoms with Crippen LogP contribution in [0.25, 0.3) is 0 Å². The molecule has 0 spiro atoms. The van der Waals surface area contributed by atoms with Crippen molar-refractivity contribution in [3.63, 3.8) is 0 Å². The largest absolute Gasteiger partial charge is 0.468 e. The fourth-order valence-electron chi connectivity index (χ4n) is 2.39. The lowest BCUT2D eigenvalue weighted by molar-refractivity contribution is -0.128. The van der Waals surface area contributed by atoms with E-state index in [0.717, 1.165) is 35.9 Å². The first-order chi connectivity index (χ1) is 10.8. The van der Waals surface area contributed by atoms with E-state index >= 15 is 0 Å². The van der Waals surface area contributed by atoms with Crippen LogP contribution in [0.2, 0.25) is 0 Å². The first kappa shape index (κ1) is 15.5. The number of nitrogens with zero attached hydrogens (tertiary/aromatic N) is 2. The van der Waals surface area contributed by atoms with Crippen molar-refractivity contribution >= 4 is 29.4 Å². The monoisotopic (exact) mass is 334 g/mol. The predicted octanol–water partition coefficient (Wildman–Crippen LogP) is 3.47. The van der Waals surface area contributed by atoms with Gasteiger partial charge in [-0.1, -0.05) is 0 Å². The number of carbonyl (C=O) groups excluding carboxylic acids is 1. The van der Waals surface area contributed by atoms with Crippen molar-refractivity contribution < 1.29 is 9.21 Å². The first-order valence-electron chi connectivity index (χ1n) is 7.28. The lowest BCUT2D eigenvalue weighted by Crippen LogP contribution is -2.34. The Bertz CT molecular complexity index is 589. The van der Waals surface area contributed by atoms with Gasteiger partial charge in [-0.2, -0.15) is 0 Å². The lowest BCUT2D eigenvalue weighted by atomic mass is 10.2. The maximum Gasteiger partial charge on any atom is 0.232 e. The maximum absolute atomic E-state index is 12.4. The Morgan fingerprint density at radius 1 is 1.36 bits per heavy atom. The molecular formula is C16H18N2O2S2. The Morgan fingerprint density at radius 2 is 2.23 bits per heavy atom. The molecule has 0 bridgehead atoms. The van der Waals surface area contributed by atoms with Gasteiger partial charge in [0.25, 0.3) is 0 Å². The van der Waals surface area contributed by atoms with E-state index in [-0.39, 0.29) is 5.91 Å². The summed E-state index contributed by atoms with van der Waals surface area (Å²) in [4.78, 5) is 19.4. The van der Waals surface area contributed by atoms with Gasteiger partial charge in [0.1, 0.15) is 5.76 Å². The van der Waals surface area contributed by atoms with Gasteiger partial charge in [-0.05, 0) is 30.7 Å². The molecule has 22 heavy (non-hydrogen) atoms. The number of hydrogen-bond acceptors (Lipinski definition) is 5. The van der Waals surface area contributed by atoms with Crippen LogP contribution >= 0.6 is 23.5 Å². The topological polar surface area (TPSA) is 46.3 Å². The van der Waals surface area contributed by atoms with Crippen molar-refractivity contribution in [3.8, 4) is 0 Å². The quantitative estimate of drug-likeness (QED) is 0.801. The van der Waals surface area contributed by atoms with Gasteiger partial charge in [0.05, 0.1) is 17.3 Å².